The molecule has 39 heavy (non-hydrogen) atoms. The zero-order valence-corrected chi connectivity index (χ0v) is 23.6. The van der Waals surface area contributed by atoms with Gasteiger partial charge in [-0.1, -0.05) is 33.3 Å². The number of benzene rings is 1. The fourth-order valence-corrected chi connectivity index (χ4v) is 5.81. The number of aryl methyl sites for hydroxylation is 1. The number of rotatable bonds is 3. The highest BCUT2D eigenvalue weighted by molar-refractivity contribution is 5.88. The van der Waals surface area contributed by atoms with Crippen LogP contribution < -0.4 is 0 Å². The molecule has 2 saturated heterocycles. The second kappa shape index (κ2) is 11.4. The standard InChI is InChI=1S/C31H41NO7/c1-7-8-11-21-28(35)18(2)10-9-14-31(6)26(39-31)16-24(20-12-13-23-22(15-20)32-19(3)37-23)38-27(34)17-25(33)30(4,5)29(21)36/h1,12-13,15,18,21,24-26,28,33,35H,8-11,14,16-17H2,2-6H3. The minimum atomic E-state index is -1.30. The number of hydrogen-bond donors (Lipinski definition) is 2. The molecule has 3 heterocycles. The number of carbonyl (C=O) groups is 2. The molecule has 8 nitrogen and oxygen atoms in total. The number of ketones is 1. The van der Waals surface area contributed by atoms with Gasteiger partial charge in [-0.15, -0.1) is 12.3 Å². The Morgan fingerprint density at radius 1 is 1.21 bits per heavy atom. The minimum absolute atomic E-state index is 0.107. The molecule has 1 aromatic carbocycles. The molecule has 8 heteroatoms. The summed E-state index contributed by atoms with van der Waals surface area (Å²) in [6.07, 6.45) is 5.60. The van der Waals surface area contributed by atoms with Gasteiger partial charge in [0.05, 0.1) is 35.7 Å². The summed E-state index contributed by atoms with van der Waals surface area (Å²) in [5.74, 6) is 1.30. The molecule has 2 fully saturated rings. The Morgan fingerprint density at radius 3 is 2.67 bits per heavy atom. The van der Waals surface area contributed by atoms with Crippen molar-refractivity contribution < 1.29 is 33.7 Å². The molecule has 0 radical (unpaired) electrons. The van der Waals surface area contributed by atoms with E-state index in [2.05, 4.69) is 17.8 Å². The van der Waals surface area contributed by atoms with E-state index in [0.29, 0.717) is 36.3 Å². The third-order valence-electron chi connectivity index (χ3n) is 8.72. The van der Waals surface area contributed by atoms with Gasteiger partial charge >= 0.3 is 5.97 Å². The van der Waals surface area contributed by atoms with E-state index < -0.39 is 35.6 Å². The van der Waals surface area contributed by atoms with E-state index in [1.54, 1.807) is 20.8 Å². The largest absolute Gasteiger partial charge is 0.457 e. The molecule has 2 N–H and O–H groups in total. The van der Waals surface area contributed by atoms with Gasteiger partial charge in [-0.3, -0.25) is 9.59 Å². The topological polar surface area (TPSA) is 122 Å². The lowest BCUT2D eigenvalue weighted by molar-refractivity contribution is -0.156. The summed E-state index contributed by atoms with van der Waals surface area (Å²) < 4.78 is 17.6. The highest BCUT2D eigenvalue weighted by Gasteiger charge is 2.53. The number of cyclic esters (lactones) is 1. The molecule has 2 aromatic rings. The summed E-state index contributed by atoms with van der Waals surface area (Å²) in [6.45, 7) is 8.99. The Balaban J connectivity index is 1.63. The van der Waals surface area contributed by atoms with Gasteiger partial charge in [-0.2, -0.15) is 0 Å². The highest BCUT2D eigenvalue weighted by atomic mass is 16.6. The monoisotopic (exact) mass is 539 g/mol. The molecule has 0 bridgehead atoms. The SMILES string of the molecule is C#CCCC1C(=O)C(C)(C)C(O)CC(=O)OC(c2ccc3oc(C)nc3c2)CC2OC2(C)CCCC(C)C1O. The van der Waals surface area contributed by atoms with Crippen LogP contribution in [0.1, 0.15) is 90.2 Å². The number of aliphatic hydroxyl groups excluding tert-OH is 2. The summed E-state index contributed by atoms with van der Waals surface area (Å²) in [5, 5.41) is 22.3. The van der Waals surface area contributed by atoms with Crippen LogP contribution in [-0.2, 0) is 19.1 Å². The second-order valence-corrected chi connectivity index (χ2v) is 12.1. The summed E-state index contributed by atoms with van der Waals surface area (Å²) >= 11 is 0. The Bertz CT molecular complexity index is 1240. The second-order valence-electron chi connectivity index (χ2n) is 12.1. The van der Waals surface area contributed by atoms with Crippen LogP contribution in [0.3, 0.4) is 0 Å². The maximum atomic E-state index is 13.7. The van der Waals surface area contributed by atoms with E-state index in [9.17, 15) is 19.8 Å². The van der Waals surface area contributed by atoms with Gasteiger partial charge in [0.25, 0.3) is 0 Å². The number of hydrogen-bond acceptors (Lipinski definition) is 8. The Kier molecular flexibility index (Phi) is 8.55. The smallest absolute Gasteiger partial charge is 0.309 e. The molecule has 0 amide bonds. The number of nitrogens with zero attached hydrogens (tertiary/aromatic N) is 1. The number of Topliss-reactive ketones (excluding diaryl/α,β-unsaturated/α-hetero) is 1. The summed E-state index contributed by atoms with van der Waals surface area (Å²) in [6, 6.07) is 5.51. The van der Waals surface area contributed by atoms with Crippen molar-refractivity contribution in [3.8, 4) is 12.3 Å². The van der Waals surface area contributed by atoms with Crippen LogP contribution in [0.15, 0.2) is 22.6 Å². The molecule has 0 aliphatic carbocycles. The first-order valence-electron chi connectivity index (χ1n) is 13.9. The van der Waals surface area contributed by atoms with Crippen molar-refractivity contribution in [1.29, 1.82) is 0 Å². The lowest BCUT2D eigenvalue weighted by atomic mass is 9.71. The molecule has 1 aromatic heterocycles. The average Bonchev–Trinajstić information content (AvgIpc) is 3.34. The molecule has 4 rings (SSSR count). The van der Waals surface area contributed by atoms with Crippen molar-refractivity contribution in [2.24, 2.45) is 17.3 Å². The molecule has 0 spiro atoms. The van der Waals surface area contributed by atoms with Crippen molar-refractivity contribution in [2.75, 3.05) is 0 Å². The first kappa shape index (κ1) is 29.3. The fraction of sp³-hybridized carbons (Fsp3) is 0.645. The van der Waals surface area contributed by atoms with Crippen LogP contribution in [-0.4, -0.2) is 50.9 Å². The van der Waals surface area contributed by atoms with Gasteiger partial charge in [0.15, 0.2) is 11.5 Å². The molecular formula is C31H41NO7. The molecule has 212 valence electrons. The predicted molar refractivity (Wildman–Crippen MR) is 145 cm³/mol. The molecule has 2 aliphatic rings. The van der Waals surface area contributed by atoms with Crippen LogP contribution in [0, 0.1) is 36.5 Å². The van der Waals surface area contributed by atoms with Crippen LogP contribution in [0.5, 0.6) is 0 Å². The Hall–Kier alpha value is -2.73. The third-order valence-corrected chi connectivity index (χ3v) is 8.72. The number of terminal acetylenes is 1. The van der Waals surface area contributed by atoms with E-state index in [1.165, 1.54) is 0 Å². The first-order valence-corrected chi connectivity index (χ1v) is 13.9. The third kappa shape index (κ3) is 6.37. The number of aliphatic hydroxyl groups is 2. The molecule has 7 unspecified atom stereocenters. The maximum Gasteiger partial charge on any atom is 0.309 e. The van der Waals surface area contributed by atoms with E-state index in [-0.39, 0.29) is 29.8 Å². The zero-order valence-electron chi connectivity index (χ0n) is 23.6. The number of fused-ring (bicyclic) bond motifs is 2. The molecule has 7 atom stereocenters. The van der Waals surface area contributed by atoms with Crippen LogP contribution >= 0.6 is 0 Å². The van der Waals surface area contributed by atoms with E-state index >= 15 is 0 Å². The van der Waals surface area contributed by atoms with Crippen LogP contribution in [0.25, 0.3) is 11.1 Å². The van der Waals surface area contributed by atoms with Gasteiger partial charge in [0.2, 0.25) is 0 Å². The van der Waals surface area contributed by atoms with Gasteiger partial charge in [-0.25, -0.2) is 4.98 Å². The fourth-order valence-electron chi connectivity index (χ4n) is 5.81. The predicted octanol–water partition coefficient (Wildman–Crippen LogP) is 4.82. The average molecular weight is 540 g/mol. The van der Waals surface area contributed by atoms with E-state index in [4.69, 9.17) is 20.3 Å². The van der Waals surface area contributed by atoms with Gasteiger partial charge in [0.1, 0.15) is 17.4 Å². The van der Waals surface area contributed by atoms with Crippen molar-refractivity contribution in [3.05, 3.63) is 29.7 Å². The van der Waals surface area contributed by atoms with Crippen LogP contribution in [0.2, 0.25) is 0 Å². The van der Waals surface area contributed by atoms with Gasteiger partial charge in [-0.05, 0) is 49.8 Å². The quantitative estimate of drug-likeness (QED) is 0.323. The van der Waals surface area contributed by atoms with E-state index in [0.717, 1.165) is 24.8 Å². The highest BCUT2D eigenvalue weighted by Crippen LogP contribution is 2.47. The maximum absolute atomic E-state index is 13.7. The molecule has 2 aliphatic heterocycles. The summed E-state index contributed by atoms with van der Waals surface area (Å²) in [5.41, 5.74) is 0.431. The van der Waals surface area contributed by atoms with E-state index in [1.807, 2.05) is 25.1 Å². The lowest BCUT2D eigenvalue weighted by Crippen LogP contribution is -2.46. The first-order chi connectivity index (χ1) is 18.4. The molecular weight excluding hydrogens is 498 g/mol. The number of oxazole rings is 1. The van der Waals surface area contributed by atoms with Gasteiger partial charge < -0.3 is 24.1 Å². The number of esters is 1. The summed E-state index contributed by atoms with van der Waals surface area (Å²) in [4.78, 5) is 31.2. The normalized spacial score (nSPS) is 34.2. The number of epoxide rings is 1. The number of carbonyl (C=O) groups excluding carboxylic acids is 2. The number of aromatic nitrogens is 1. The minimum Gasteiger partial charge on any atom is -0.457 e. The van der Waals surface area contributed by atoms with Crippen LogP contribution in [0.4, 0.5) is 0 Å². The molecule has 0 saturated carbocycles. The zero-order chi connectivity index (χ0) is 28.5. The lowest BCUT2D eigenvalue weighted by Gasteiger charge is -2.36. The Labute approximate surface area is 230 Å². The van der Waals surface area contributed by atoms with Gasteiger partial charge in [0, 0.05) is 25.7 Å². The van der Waals surface area contributed by atoms with Crippen molar-refractivity contribution in [2.45, 2.75) is 110 Å². The number of ether oxygens (including phenoxy) is 2. The summed E-state index contributed by atoms with van der Waals surface area (Å²) in [7, 11) is 0. The van der Waals surface area contributed by atoms with Crippen molar-refractivity contribution >= 4 is 22.9 Å². The van der Waals surface area contributed by atoms with Crippen molar-refractivity contribution in [3.63, 3.8) is 0 Å². The van der Waals surface area contributed by atoms with Crippen molar-refractivity contribution in [1.82, 2.24) is 4.98 Å². The Morgan fingerprint density at radius 2 is 1.95 bits per heavy atom.